The molecule has 1 saturated heterocycles. The van der Waals surface area contributed by atoms with Crippen LogP contribution in [0.1, 0.15) is 27.2 Å². The Kier molecular flexibility index (Phi) is 2.65. The van der Waals surface area contributed by atoms with Crippen LogP contribution in [-0.4, -0.2) is 29.1 Å². The van der Waals surface area contributed by atoms with Crippen molar-refractivity contribution in [1.82, 2.24) is 0 Å². The van der Waals surface area contributed by atoms with Gasteiger partial charge in [-0.25, -0.2) is 0 Å². The summed E-state index contributed by atoms with van der Waals surface area (Å²) in [6.45, 7) is 5.69. The van der Waals surface area contributed by atoms with E-state index in [1.807, 2.05) is 13.0 Å². The van der Waals surface area contributed by atoms with Crippen LogP contribution in [0, 0.1) is 29.1 Å². The van der Waals surface area contributed by atoms with E-state index in [9.17, 15) is 14.7 Å². The summed E-state index contributed by atoms with van der Waals surface area (Å²) in [4.78, 5) is 24.0. The summed E-state index contributed by atoms with van der Waals surface area (Å²) in [6, 6.07) is 0. The van der Waals surface area contributed by atoms with E-state index >= 15 is 0 Å². The van der Waals surface area contributed by atoms with Gasteiger partial charge in [-0.2, -0.15) is 0 Å². The summed E-state index contributed by atoms with van der Waals surface area (Å²) in [5.74, 6) is -0.627. The molecule has 19 heavy (non-hydrogen) atoms. The highest BCUT2D eigenvalue weighted by Gasteiger charge is 2.60. The number of hydrogen-bond donors (Lipinski definition) is 1. The number of carbonyl (C=O) groups excluding carboxylic acids is 2. The Morgan fingerprint density at radius 3 is 2.74 bits per heavy atom. The number of aliphatic hydroxyl groups is 1. The van der Waals surface area contributed by atoms with Crippen LogP contribution in [0.2, 0.25) is 0 Å². The Bertz CT molecular complexity index is 469. The lowest BCUT2D eigenvalue weighted by Crippen LogP contribution is -2.47. The second-order valence-electron chi connectivity index (χ2n) is 6.53. The van der Waals surface area contributed by atoms with E-state index in [1.54, 1.807) is 13.0 Å². The fourth-order valence-electron chi connectivity index (χ4n) is 4.27. The molecule has 0 amide bonds. The van der Waals surface area contributed by atoms with E-state index < -0.39 is 11.5 Å². The van der Waals surface area contributed by atoms with Crippen LogP contribution >= 0.6 is 0 Å². The van der Waals surface area contributed by atoms with Gasteiger partial charge in [-0.15, -0.1) is 0 Å². The molecule has 1 aliphatic heterocycles. The van der Waals surface area contributed by atoms with Gasteiger partial charge in [0.1, 0.15) is 6.10 Å². The van der Waals surface area contributed by atoms with Gasteiger partial charge >= 0.3 is 5.97 Å². The molecule has 1 heterocycles. The number of carbonyl (C=O) groups is 2. The van der Waals surface area contributed by atoms with Gasteiger partial charge in [-0.3, -0.25) is 9.59 Å². The first-order chi connectivity index (χ1) is 8.87. The molecule has 0 bridgehead atoms. The predicted molar refractivity (Wildman–Crippen MR) is 68.1 cm³/mol. The zero-order valence-electron chi connectivity index (χ0n) is 11.5. The molecule has 1 unspecified atom stereocenters. The number of allylic oxidation sites excluding steroid dienone is 2. The van der Waals surface area contributed by atoms with Crippen molar-refractivity contribution < 1.29 is 19.4 Å². The molecule has 1 saturated carbocycles. The normalized spacial score (nSPS) is 52.6. The third-order valence-electron chi connectivity index (χ3n) is 5.52. The van der Waals surface area contributed by atoms with Gasteiger partial charge in [-0.05, 0) is 31.3 Å². The summed E-state index contributed by atoms with van der Waals surface area (Å²) < 4.78 is 5.41. The van der Waals surface area contributed by atoms with Crippen LogP contribution < -0.4 is 0 Å². The second kappa shape index (κ2) is 3.92. The highest BCUT2D eigenvalue weighted by atomic mass is 16.6. The molecule has 1 N–H and O–H groups in total. The molecular weight excluding hydrogens is 244 g/mol. The molecule has 0 aromatic heterocycles. The molecule has 0 spiro atoms. The number of aliphatic hydroxyl groups excluding tert-OH is 1. The van der Waals surface area contributed by atoms with Crippen LogP contribution in [0.25, 0.3) is 0 Å². The largest absolute Gasteiger partial charge is 0.462 e. The van der Waals surface area contributed by atoms with E-state index in [1.165, 1.54) is 0 Å². The maximum absolute atomic E-state index is 12.2. The first-order valence-electron chi connectivity index (χ1n) is 6.98. The maximum atomic E-state index is 12.2. The summed E-state index contributed by atoms with van der Waals surface area (Å²) in [5, 5.41) is 10.8. The van der Waals surface area contributed by atoms with Gasteiger partial charge in [0.2, 0.25) is 0 Å². The van der Waals surface area contributed by atoms with Crippen molar-refractivity contribution in [3.05, 3.63) is 12.2 Å². The minimum absolute atomic E-state index is 0.0240. The molecule has 3 aliphatic rings. The lowest BCUT2D eigenvalue weighted by atomic mass is 9.67. The topological polar surface area (TPSA) is 63.6 Å². The fourth-order valence-corrected chi connectivity index (χ4v) is 4.27. The highest BCUT2D eigenvalue weighted by Crippen LogP contribution is 2.53. The minimum atomic E-state index is -0.823. The van der Waals surface area contributed by atoms with Crippen molar-refractivity contribution in [3.63, 3.8) is 0 Å². The molecule has 2 aliphatic carbocycles. The SMILES string of the molecule is C[C@@H]1C[C@H]2OC(=O)[C@@H](C)[C@H]2C(O)[C@]2(C)C(=O)C=C[C@@H]12. The first-order valence-corrected chi connectivity index (χ1v) is 6.98. The molecule has 4 heteroatoms. The average molecular weight is 264 g/mol. The Labute approximate surface area is 112 Å². The Morgan fingerprint density at radius 2 is 2.05 bits per heavy atom. The lowest BCUT2D eigenvalue weighted by molar-refractivity contribution is -0.144. The van der Waals surface area contributed by atoms with Crippen molar-refractivity contribution in [1.29, 1.82) is 0 Å². The summed E-state index contributed by atoms with van der Waals surface area (Å²) >= 11 is 0. The maximum Gasteiger partial charge on any atom is 0.309 e. The quantitative estimate of drug-likeness (QED) is 0.670. The van der Waals surface area contributed by atoms with E-state index in [-0.39, 0.29) is 41.5 Å². The van der Waals surface area contributed by atoms with Crippen molar-refractivity contribution >= 4 is 11.8 Å². The van der Waals surface area contributed by atoms with E-state index in [0.717, 1.165) is 6.42 Å². The van der Waals surface area contributed by atoms with Crippen molar-refractivity contribution in [2.75, 3.05) is 0 Å². The Morgan fingerprint density at radius 1 is 1.37 bits per heavy atom. The molecule has 2 fully saturated rings. The van der Waals surface area contributed by atoms with Gasteiger partial charge < -0.3 is 9.84 Å². The molecule has 0 radical (unpaired) electrons. The smallest absolute Gasteiger partial charge is 0.309 e. The molecule has 3 rings (SSSR count). The van der Waals surface area contributed by atoms with Crippen LogP contribution in [0.3, 0.4) is 0 Å². The molecule has 0 aromatic rings. The first kappa shape index (κ1) is 12.9. The predicted octanol–water partition coefficient (Wildman–Crippen LogP) is 1.33. The molecule has 0 aromatic carbocycles. The van der Waals surface area contributed by atoms with Crippen molar-refractivity contribution in [2.45, 2.75) is 39.4 Å². The Balaban J connectivity index is 2.06. The van der Waals surface area contributed by atoms with E-state index in [0.29, 0.717) is 0 Å². The highest BCUT2D eigenvalue weighted by molar-refractivity contribution is 5.98. The monoisotopic (exact) mass is 264 g/mol. The average Bonchev–Trinajstić information content (AvgIpc) is 2.77. The summed E-state index contributed by atoms with van der Waals surface area (Å²) in [6.07, 6.45) is 3.15. The zero-order valence-corrected chi connectivity index (χ0v) is 11.5. The summed E-state index contributed by atoms with van der Waals surface area (Å²) in [7, 11) is 0. The molecule has 104 valence electrons. The van der Waals surface area contributed by atoms with Crippen LogP contribution in [0.4, 0.5) is 0 Å². The zero-order chi connectivity index (χ0) is 13.9. The number of rotatable bonds is 0. The van der Waals surface area contributed by atoms with E-state index in [4.69, 9.17) is 4.74 Å². The van der Waals surface area contributed by atoms with Gasteiger partial charge in [0.05, 0.1) is 17.4 Å². The standard InChI is InChI=1S/C15H20O4/c1-7-6-10-12(8(2)14(18)19-10)13(17)15(3)9(7)4-5-11(15)16/h4-5,7-10,12-13,17H,6H2,1-3H3/t7-,8+,9+,10-,12-,13?,15+/m1/s1. The van der Waals surface area contributed by atoms with Crippen molar-refractivity contribution in [3.8, 4) is 0 Å². The van der Waals surface area contributed by atoms with Crippen LogP contribution in [0.15, 0.2) is 12.2 Å². The lowest BCUT2D eigenvalue weighted by Gasteiger charge is -2.37. The van der Waals surface area contributed by atoms with Crippen molar-refractivity contribution in [2.24, 2.45) is 29.1 Å². The third kappa shape index (κ3) is 1.49. The van der Waals surface area contributed by atoms with Gasteiger partial charge in [0.25, 0.3) is 0 Å². The minimum Gasteiger partial charge on any atom is -0.462 e. The summed E-state index contributed by atoms with van der Waals surface area (Å²) in [5.41, 5.74) is -0.804. The third-order valence-corrected chi connectivity index (χ3v) is 5.52. The number of ketones is 1. The van der Waals surface area contributed by atoms with Crippen LogP contribution in [0.5, 0.6) is 0 Å². The number of fused-ring (bicyclic) bond motifs is 2. The van der Waals surface area contributed by atoms with Gasteiger partial charge in [0, 0.05) is 5.92 Å². The fraction of sp³-hybridized carbons (Fsp3) is 0.733. The number of esters is 1. The number of hydrogen-bond acceptors (Lipinski definition) is 4. The second-order valence-corrected chi connectivity index (χ2v) is 6.53. The number of ether oxygens (including phenoxy) is 1. The molecule has 4 nitrogen and oxygen atoms in total. The molecule has 7 atom stereocenters. The van der Waals surface area contributed by atoms with Crippen LogP contribution in [-0.2, 0) is 14.3 Å². The van der Waals surface area contributed by atoms with Gasteiger partial charge in [0.15, 0.2) is 5.78 Å². The Hall–Kier alpha value is -1.16. The van der Waals surface area contributed by atoms with E-state index in [2.05, 4.69) is 6.92 Å². The molecular formula is C15H20O4. The van der Waals surface area contributed by atoms with Gasteiger partial charge in [-0.1, -0.05) is 19.9 Å².